The molecule has 3 rings (SSSR count). The first-order valence-electron chi connectivity index (χ1n) is 7.59. The Labute approximate surface area is 126 Å². The standard InChI is InChI=1S/C20H20O/c1-2-8-17(15-9-4-3-5-10-15)19-14-13-16-11-6-7-12-18(16)20(19)21/h2-7,9-12,17,19H,1,8,13-14H2. The molecule has 106 valence electrons. The fourth-order valence-corrected chi connectivity index (χ4v) is 3.42. The summed E-state index contributed by atoms with van der Waals surface area (Å²) >= 11 is 0. The molecule has 0 saturated heterocycles. The molecule has 0 heterocycles. The molecule has 1 aliphatic carbocycles. The van der Waals surface area contributed by atoms with Gasteiger partial charge in [-0.15, -0.1) is 6.58 Å². The van der Waals surface area contributed by atoms with E-state index in [-0.39, 0.29) is 11.8 Å². The molecule has 0 bridgehead atoms. The number of Topliss-reactive ketones (excluding diaryl/α,β-unsaturated/α-hetero) is 1. The van der Waals surface area contributed by atoms with Crippen molar-refractivity contribution in [2.24, 2.45) is 5.92 Å². The van der Waals surface area contributed by atoms with Crippen LogP contribution >= 0.6 is 0 Å². The molecule has 2 atom stereocenters. The summed E-state index contributed by atoms with van der Waals surface area (Å²) in [4.78, 5) is 12.9. The number of aryl methyl sites for hydroxylation is 1. The molecule has 1 aliphatic rings. The fourth-order valence-electron chi connectivity index (χ4n) is 3.42. The summed E-state index contributed by atoms with van der Waals surface area (Å²) in [5.41, 5.74) is 3.36. The summed E-state index contributed by atoms with van der Waals surface area (Å²) in [7, 11) is 0. The summed E-state index contributed by atoms with van der Waals surface area (Å²) in [5, 5.41) is 0. The van der Waals surface area contributed by atoms with Crippen molar-refractivity contribution in [2.75, 3.05) is 0 Å². The molecule has 21 heavy (non-hydrogen) atoms. The van der Waals surface area contributed by atoms with Gasteiger partial charge >= 0.3 is 0 Å². The van der Waals surface area contributed by atoms with E-state index in [1.165, 1.54) is 11.1 Å². The Morgan fingerprint density at radius 1 is 1.10 bits per heavy atom. The maximum atomic E-state index is 12.9. The number of fused-ring (bicyclic) bond motifs is 1. The van der Waals surface area contributed by atoms with E-state index in [1.807, 2.05) is 42.5 Å². The van der Waals surface area contributed by atoms with E-state index in [1.54, 1.807) is 0 Å². The van der Waals surface area contributed by atoms with Crippen molar-refractivity contribution in [2.45, 2.75) is 25.2 Å². The lowest BCUT2D eigenvalue weighted by molar-refractivity contribution is 0.0879. The summed E-state index contributed by atoms with van der Waals surface area (Å²) in [6.45, 7) is 3.88. The van der Waals surface area contributed by atoms with Crippen molar-refractivity contribution in [3.05, 3.63) is 83.9 Å². The molecule has 0 amide bonds. The SMILES string of the molecule is C=CCC(c1ccccc1)C1CCc2ccccc2C1=O. The van der Waals surface area contributed by atoms with E-state index in [2.05, 4.69) is 24.8 Å². The van der Waals surface area contributed by atoms with Gasteiger partial charge in [0.25, 0.3) is 0 Å². The highest BCUT2D eigenvalue weighted by Gasteiger charge is 2.33. The van der Waals surface area contributed by atoms with Gasteiger partial charge in [0.1, 0.15) is 0 Å². The van der Waals surface area contributed by atoms with Crippen LogP contribution in [0.5, 0.6) is 0 Å². The monoisotopic (exact) mass is 276 g/mol. The Hall–Kier alpha value is -2.15. The van der Waals surface area contributed by atoms with Crippen LogP contribution in [-0.2, 0) is 6.42 Å². The van der Waals surface area contributed by atoms with Crippen molar-refractivity contribution in [3.8, 4) is 0 Å². The number of carbonyl (C=O) groups is 1. The quantitative estimate of drug-likeness (QED) is 0.734. The van der Waals surface area contributed by atoms with Crippen molar-refractivity contribution in [3.63, 3.8) is 0 Å². The molecule has 2 aromatic carbocycles. The third kappa shape index (κ3) is 2.69. The Kier molecular flexibility index (Phi) is 4.01. The van der Waals surface area contributed by atoms with Gasteiger partial charge in [-0.2, -0.15) is 0 Å². The van der Waals surface area contributed by atoms with Crippen LogP contribution in [0.1, 0.15) is 40.2 Å². The van der Waals surface area contributed by atoms with Crippen LogP contribution in [0.2, 0.25) is 0 Å². The van der Waals surface area contributed by atoms with E-state index in [0.29, 0.717) is 5.78 Å². The van der Waals surface area contributed by atoms with Crippen LogP contribution in [0.4, 0.5) is 0 Å². The molecule has 2 aromatic rings. The van der Waals surface area contributed by atoms with Crippen LogP contribution in [0.25, 0.3) is 0 Å². The number of benzene rings is 2. The van der Waals surface area contributed by atoms with E-state index in [9.17, 15) is 4.79 Å². The number of ketones is 1. The number of hydrogen-bond acceptors (Lipinski definition) is 1. The third-order valence-electron chi connectivity index (χ3n) is 4.48. The van der Waals surface area contributed by atoms with Crippen molar-refractivity contribution < 1.29 is 4.79 Å². The molecule has 0 radical (unpaired) electrons. The second kappa shape index (κ2) is 6.09. The van der Waals surface area contributed by atoms with Crippen molar-refractivity contribution in [1.82, 2.24) is 0 Å². The topological polar surface area (TPSA) is 17.1 Å². The Morgan fingerprint density at radius 3 is 2.57 bits per heavy atom. The highest BCUT2D eigenvalue weighted by Crippen LogP contribution is 2.37. The first-order chi connectivity index (χ1) is 10.3. The minimum atomic E-state index is 0.0697. The van der Waals surface area contributed by atoms with Crippen LogP contribution in [0.3, 0.4) is 0 Å². The maximum Gasteiger partial charge on any atom is 0.166 e. The lowest BCUT2D eigenvalue weighted by atomic mass is 9.72. The molecule has 0 fully saturated rings. The minimum Gasteiger partial charge on any atom is -0.294 e. The number of carbonyl (C=O) groups excluding carboxylic acids is 1. The lowest BCUT2D eigenvalue weighted by Crippen LogP contribution is -2.28. The molecular weight excluding hydrogens is 256 g/mol. The zero-order valence-corrected chi connectivity index (χ0v) is 12.2. The van der Waals surface area contributed by atoms with Crippen LogP contribution in [-0.4, -0.2) is 5.78 Å². The van der Waals surface area contributed by atoms with Crippen molar-refractivity contribution >= 4 is 5.78 Å². The average Bonchev–Trinajstić information content (AvgIpc) is 2.55. The Morgan fingerprint density at radius 2 is 1.81 bits per heavy atom. The molecule has 0 N–H and O–H groups in total. The predicted octanol–water partition coefficient (Wildman–Crippen LogP) is 4.79. The molecule has 0 aliphatic heterocycles. The zero-order chi connectivity index (χ0) is 14.7. The van der Waals surface area contributed by atoms with E-state index in [4.69, 9.17) is 0 Å². The molecule has 2 unspecified atom stereocenters. The minimum absolute atomic E-state index is 0.0697. The highest BCUT2D eigenvalue weighted by atomic mass is 16.1. The maximum absolute atomic E-state index is 12.9. The van der Waals surface area contributed by atoms with Gasteiger partial charge in [-0.25, -0.2) is 0 Å². The van der Waals surface area contributed by atoms with Crippen LogP contribution in [0.15, 0.2) is 67.3 Å². The highest BCUT2D eigenvalue weighted by molar-refractivity contribution is 6.00. The lowest BCUT2D eigenvalue weighted by Gasteiger charge is -2.30. The van der Waals surface area contributed by atoms with E-state index < -0.39 is 0 Å². The first kappa shape index (κ1) is 13.8. The second-order valence-electron chi connectivity index (χ2n) is 5.71. The predicted molar refractivity (Wildman–Crippen MR) is 86.6 cm³/mol. The summed E-state index contributed by atoms with van der Waals surface area (Å²) in [6, 6.07) is 18.4. The second-order valence-corrected chi connectivity index (χ2v) is 5.71. The number of allylic oxidation sites excluding steroid dienone is 1. The molecule has 0 aromatic heterocycles. The van der Waals surface area contributed by atoms with E-state index >= 15 is 0 Å². The molecule has 0 saturated carbocycles. The Bertz CT molecular complexity index is 642. The Balaban J connectivity index is 1.95. The average molecular weight is 276 g/mol. The van der Waals surface area contributed by atoms with Gasteiger partial charge in [0.15, 0.2) is 5.78 Å². The molecule has 1 nitrogen and oxygen atoms in total. The van der Waals surface area contributed by atoms with Gasteiger partial charge in [0.2, 0.25) is 0 Å². The van der Waals surface area contributed by atoms with Gasteiger partial charge in [-0.3, -0.25) is 4.79 Å². The van der Waals surface area contributed by atoms with E-state index in [0.717, 1.165) is 24.8 Å². The smallest absolute Gasteiger partial charge is 0.166 e. The normalized spacial score (nSPS) is 18.9. The van der Waals surface area contributed by atoms with Gasteiger partial charge in [0.05, 0.1) is 0 Å². The summed E-state index contributed by atoms with van der Waals surface area (Å²) in [5.74, 6) is 0.609. The largest absolute Gasteiger partial charge is 0.294 e. The first-order valence-corrected chi connectivity index (χ1v) is 7.59. The van der Waals surface area contributed by atoms with Crippen molar-refractivity contribution in [1.29, 1.82) is 0 Å². The summed E-state index contributed by atoms with van der Waals surface area (Å²) in [6.07, 6.45) is 4.71. The van der Waals surface area contributed by atoms with Gasteiger partial charge in [-0.1, -0.05) is 60.7 Å². The van der Waals surface area contributed by atoms with Gasteiger partial charge in [0, 0.05) is 11.5 Å². The van der Waals surface area contributed by atoms with Gasteiger partial charge < -0.3 is 0 Å². The molecular formula is C20H20O. The third-order valence-corrected chi connectivity index (χ3v) is 4.48. The molecule has 1 heteroatoms. The number of rotatable bonds is 4. The van der Waals surface area contributed by atoms with Crippen LogP contribution in [0, 0.1) is 5.92 Å². The molecule has 0 spiro atoms. The van der Waals surface area contributed by atoms with Gasteiger partial charge in [-0.05, 0) is 36.3 Å². The number of hydrogen-bond donors (Lipinski definition) is 0. The van der Waals surface area contributed by atoms with Crippen LogP contribution < -0.4 is 0 Å². The fraction of sp³-hybridized carbons (Fsp3) is 0.250. The zero-order valence-electron chi connectivity index (χ0n) is 12.2. The summed E-state index contributed by atoms with van der Waals surface area (Å²) < 4.78 is 0.